The Hall–Kier alpha value is -1.16. The van der Waals surface area contributed by atoms with Crippen LogP contribution in [0.5, 0.6) is 0 Å². The highest BCUT2D eigenvalue weighted by Gasteiger charge is 2.16. The third-order valence-electron chi connectivity index (χ3n) is 3.05. The summed E-state index contributed by atoms with van der Waals surface area (Å²) in [5.41, 5.74) is -0.262. The number of halogens is 1. The molecule has 0 aliphatic carbocycles. The zero-order valence-corrected chi connectivity index (χ0v) is 18.7. The fraction of sp³-hybridized carbons (Fsp3) is 0.529. The van der Waals surface area contributed by atoms with Gasteiger partial charge in [-0.25, -0.2) is 0 Å². The van der Waals surface area contributed by atoms with Gasteiger partial charge in [-0.1, -0.05) is 18.2 Å². The summed E-state index contributed by atoms with van der Waals surface area (Å²) in [6.07, 6.45) is 0. The van der Waals surface area contributed by atoms with Crippen molar-refractivity contribution in [3.8, 4) is 0 Å². The molecule has 0 aromatic heterocycles. The number of carbonyl (C=O) groups is 1. The summed E-state index contributed by atoms with van der Waals surface area (Å²) in [7, 11) is 2.40. The minimum atomic E-state index is -1.05. The summed E-state index contributed by atoms with van der Waals surface area (Å²) >= 11 is 0. The predicted octanol–water partition coefficient (Wildman–Crippen LogP) is 1.83. The van der Waals surface area contributed by atoms with Gasteiger partial charge < -0.3 is 15.5 Å². The van der Waals surface area contributed by atoms with Gasteiger partial charge in [-0.05, 0) is 32.9 Å². The van der Waals surface area contributed by atoms with Crippen molar-refractivity contribution in [2.45, 2.75) is 31.2 Å². The molecule has 0 heterocycles. The van der Waals surface area contributed by atoms with E-state index in [1.807, 2.05) is 51.1 Å². The first-order chi connectivity index (χ1) is 11.2. The number of amides is 1. The molecule has 1 unspecified atom stereocenters. The summed E-state index contributed by atoms with van der Waals surface area (Å²) in [6, 6.07) is 9.36. The van der Waals surface area contributed by atoms with Crippen molar-refractivity contribution in [1.29, 1.82) is 0 Å². The molecule has 0 spiro atoms. The van der Waals surface area contributed by atoms with Gasteiger partial charge in [0.25, 0.3) is 0 Å². The summed E-state index contributed by atoms with van der Waals surface area (Å²) < 4.78 is 12.2. The molecule has 0 aliphatic heterocycles. The van der Waals surface area contributed by atoms with Crippen molar-refractivity contribution in [2.75, 3.05) is 32.9 Å². The first-order valence-corrected chi connectivity index (χ1v) is 9.21. The molecular formula is C17H29IN4O2S. The van der Waals surface area contributed by atoms with E-state index in [1.165, 1.54) is 0 Å². The van der Waals surface area contributed by atoms with Crippen LogP contribution in [0.3, 0.4) is 0 Å². The van der Waals surface area contributed by atoms with Gasteiger partial charge in [-0.2, -0.15) is 0 Å². The van der Waals surface area contributed by atoms with E-state index in [4.69, 9.17) is 0 Å². The molecular weight excluding hydrogens is 451 g/mol. The second-order valence-electron chi connectivity index (χ2n) is 6.49. The van der Waals surface area contributed by atoms with E-state index in [0.717, 1.165) is 4.90 Å². The maximum atomic E-state index is 12.2. The van der Waals surface area contributed by atoms with E-state index >= 15 is 0 Å². The van der Waals surface area contributed by atoms with E-state index in [2.05, 4.69) is 15.6 Å². The van der Waals surface area contributed by atoms with Crippen LogP contribution in [0.1, 0.15) is 20.8 Å². The second kappa shape index (κ2) is 11.5. The van der Waals surface area contributed by atoms with Crippen LogP contribution in [0.15, 0.2) is 40.2 Å². The van der Waals surface area contributed by atoms with Gasteiger partial charge in [0.2, 0.25) is 5.91 Å². The number of rotatable bonds is 6. The molecule has 25 heavy (non-hydrogen) atoms. The Morgan fingerprint density at radius 3 is 2.36 bits per heavy atom. The summed E-state index contributed by atoms with van der Waals surface area (Å²) in [5.74, 6) is 1.01. The van der Waals surface area contributed by atoms with E-state index in [-0.39, 0.29) is 42.0 Å². The van der Waals surface area contributed by atoms with E-state index in [1.54, 1.807) is 19.0 Å². The van der Waals surface area contributed by atoms with Crippen molar-refractivity contribution < 1.29 is 9.00 Å². The third kappa shape index (κ3) is 9.78. The lowest BCUT2D eigenvalue weighted by atomic mass is 10.1. The molecule has 142 valence electrons. The van der Waals surface area contributed by atoms with Gasteiger partial charge in [0.15, 0.2) is 5.96 Å². The van der Waals surface area contributed by atoms with Crippen molar-refractivity contribution in [1.82, 2.24) is 15.5 Å². The number of benzene rings is 1. The zero-order valence-electron chi connectivity index (χ0n) is 15.5. The molecule has 1 amide bonds. The molecule has 8 heteroatoms. The molecule has 1 rings (SSSR count). The van der Waals surface area contributed by atoms with Crippen LogP contribution < -0.4 is 10.6 Å². The quantitative estimate of drug-likeness (QED) is 0.370. The number of carbonyl (C=O) groups excluding carboxylic acids is 1. The highest BCUT2D eigenvalue weighted by Crippen LogP contribution is 2.04. The number of nitrogens with zero attached hydrogens (tertiary/aromatic N) is 2. The number of aliphatic imine (C=N–C) groups is 1. The number of hydrogen-bond acceptors (Lipinski definition) is 3. The first-order valence-electron chi connectivity index (χ1n) is 7.89. The number of guanidine groups is 1. The van der Waals surface area contributed by atoms with Crippen molar-refractivity contribution in [3.63, 3.8) is 0 Å². The Bertz CT molecular complexity index is 588. The standard InChI is InChI=1S/C17H28N4O2S.HI/c1-17(2,3)20-15(22)13-21(5)16(18-4)19-11-12-24(23)14-9-7-6-8-10-14;/h6-10H,11-13H2,1-5H3,(H,18,19)(H,20,22);1H. The fourth-order valence-corrected chi connectivity index (χ4v) is 3.06. The summed E-state index contributed by atoms with van der Waals surface area (Å²) in [5, 5.41) is 6.05. The molecule has 0 radical (unpaired) electrons. The van der Waals surface area contributed by atoms with E-state index in [9.17, 15) is 9.00 Å². The maximum Gasteiger partial charge on any atom is 0.240 e. The predicted molar refractivity (Wildman–Crippen MR) is 115 cm³/mol. The normalized spacial score (nSPS) is 12.8. The molecule has 0 saturated carbocycles. The summed E-state index contributed by atoms with van der Waals surface area (Å²) in [4.78, 5) is 18.7. The van der Waals surface area contributed by atoms with Crippen LogP contribution in [-0.4, -0.2) is 59.5 Å². The topological polar surface area (TPSA) is 73.8 Å². The highest BCUT2D eigenvalue weighted by atomic mass is 127. The fourth-order valence-electron chi connectivity index (χ4n) is 2.08. The minimum absolute atomic E-state index is 0. The van der Waals surface area contributed by atoms with E-state index < -0.39 is 10.8 Å². The molecule has 1 aromatic carbocycles. The van der Waals surface area contributed by atoms with Gasteiger partial charge in [-0.15, -0.1) is 24.0 Å². The van der Waals surface area contributed by atoms with Crippen LogP contribution in [0, 0.1) is 0 Å². The third-order valence-corrected chi connectivity index (χ3v) is 4.42. The molecule has 0 aliphatic rings. The average Bonchev–Trinajstić information content (AvgIpc) is 2.50. The highest BCUT2D eigenvalue weighted by molar-refractivity contribution is 14.0. The lowest BCUT2D eigenvalue weighted by Gasteiger charge is -2.25. The monoisotopic (exact) mass is 480 g/mol. The smallest absolute Gasteiger partial charge is 0.240 e. The SMILES string of the molecule is CN=C(NCCS(=O)c1ccccc1)N(C)CC(=O)NC(C)(C)C.I. The zero-order chi connectivity index (χ0) is 18.2. The Kier molecular flexibility index (Phi) is 10.9. The number of hydrogen-bond donors (Lipinski definition) is 2. The average molecular weight is 480 g/mol. The number of nitrogens with one attached hydrogen (secondary N) is 2. The van der Waals surface area contributed by atoms with Crippen LogP contribution in [-0.2, 0) is 15.6 Å². The number of likely N-dealkylation sites (N-methyl/N-ethyl adjacent to an activating group) is 1. The van der Waals surface area contributed by atoms with Gasteiger partial charge in [-0.3, -0.25) is 14.0 Å². The van der Waals surface area contributed by atoms with Crippen LogP contribution in [0.25, 0.3) is 0 Å². The minimum Gasteiger partial charge on any atom is -0.355 e. The van der Waals surface area contributed by atoms with Gasteiger partial charge in [0.05, 0.1) is 17.3 Å². The van der Waals surface area contributed by atoms with Gasteiger partial charge >= 0.3 is 0 Å². The Morgan fingerprint density at radius 2 is 1.84 bits per heavy atom. The molecule has 0 fully saturated rings. The van der Waals surface area contributed by atoms with Crippen LogP contribution >= 0.6 is 24.0 Å². The largest absolute Gasteiger partial charge is 0.355 e. The summed E-state index contributed by atoms with van der Waals surface area (Å²) in [6.45, 7) is 6.54. The molecule has 1 aromatic rings. The Balaban J connectivity index is 0.00000576. The lowest BCUT2D eigenvalue weighted by molar-refractivity contribution is -0.122. The Morgan fingerprint density at radius 1 is 1.24 bits per heavy atom. The van der Waals surface area contributed by atoms with Gasteiger partial charge in [0.1, 0.15) is 0 Å². The first kappa shape index (κ1) is 23.8. The molecule has 2 N–H and O–H groups in total. The second-order valence-corrected chi connectivity index (χ2v) is 8.06. The molecule has 6 nitrogen and oxygen atoms in total. The van der Waals surface area contributed by atoms with Crippen molar-refractivity contribution in [2.24, 2.45) is 4.99 Å². The van der Waals surface area contributed by atoms with E-state index in [0.29, 0.717) is 18.3 Å². The Labute approximate surface area is 170 Å². The van der Waals surface area contributed by atoms with Crippen molar-refractivity contribution in [3.05, 3.63) is 30.3 Å². The van der Waals surface area contributed by atoms with Crippen molar-refractivity contribution >= 4 is 46.6 Å². The van der Waals surface area contributed by atoms with Crippen LogP contribution in [0.2, 0.25) is 0 Å². The molecule has 0 bridgehead atoms. The lowest BCUT2D eigenvalue weighted by Crippen LogP contribution is -2.49. The molecule has 1 atom stereocenters. The van der Waals surface area contributed by atoms with Crippen LogP contribution in [0.4, 0.5) is 0 Å². The molecule has 0 saturated heterocycles. The maximum absolute atomic E-state index is 12.2. The van der Waals surface area contributed by atoms with Gasteiger partial charge in [0, 0.05) is 36.8 Å².